The molecule has 0 aromatic heterocycles. The molecule has 1 aliphatic carbocycles. The quantitative estimate of drug-likeness (QED) is 0.719. The van der Waals surface area contributed by atoms with Crippen molar-refractivity contribution in [3.8, 4) is 0 Å². The normalized spacial score (nSPS) is 25.9. The summed E-state index contributed by atoms with van der Waals surface area (Å²) in [6, 6.07) is 8.50. The van der Waals surface area contributed by atoms with Gasteiger partial charge in [-0.05, 0) is 31.7 Å². The monoisotopic (exact) mass is 202 g/mol. The summed E-state index contributed by atoms with van der Waals surface area (Å²) in [7, 11) is 0. The molecule has 1 nitrogen and oxygen atoms in total. The van der Waals surface area contributed by atoms with Gasteiger partial charge in [-0.1, -0.05) is 36.8 Å². The Morgan fingerprint density at radius 1 is 1.40 bits per heavy atom. The van der Waals surface area contributed by atoms with Crippen molar-refractivity contribution in [2.75, 3.05) is 0 Å². The molecule has 0 saturated heterocycles. The summed E-state index contributed by atoms with van der Waals surface area (Å²) < 4.78 is 0. The van der Waals surface area contributed by atoms with E-state index in [4.69, 9.17) is 0 Å². The van der Waals surface area contributed by atoms with Gasteiger partial charge in [-0.3, -0.25) is 4.79 Å². The van der Waals surface area contributed by atoms with Crippen molar-refractivity contribution in [1.82, 2.24) is 0 Å². The Kier molecular flexibility index (Phi) is 2.64. The Labute approximate surface area is 91.5 Å². The van der Waals surface area contributed by atoms with Gasteiger partial charge in [-0.15, -0.1) is 0 Å². The minimum Gasteiger partial charge on any atom is -0.299 e. The lowest BCUT2D eigenvalue weighted by Crippen LogP contribution is -2.24. The fraction of sp³-hybridized carbons (Fsp3) is 0.500. The summed E-state index contributed by atoms with van der Waals surface area (Å²) in [5.41, 5.74) is 2.49. The Balaban J connectivity index is 2.18. The Hall–Kier alpha value is -1.11. The van der Waals surface area contributed by atoms with Gasteiger partial charge in [-0.25, -0.2) is 0 Å². The molecule has 1 heteroatoms. The Morgan fingerprint density at radius 2 is 2.20 bits per heavy atom. The Bertz CT molecular complexity index is 381. The smallest absolute Gasteiger partial charge is 0.139 e. The fourth-order valence-electron chi connectivity index (χ4n) is 2.54. The maximum Gasteiger partial charge on any atom is 0.139 e. The summed E-state index contributed by atoms with van der Waals surface area (Å²) in [6.07, 6.45) is 3.82. The predicted molar refractivity (Wildman–Crippen MR) is 61.8 cm³/mol. The molecule has 1 aromatic rings. The standard InChI is InChI=1S/C14H18O/c1-11-5-3-6-12(9-11)10-14(2)8-4-7-13(14)15/h3,5-6,9H,4,7-8,10H2,1-2H3. The second-order valence-corrected chi connectivity index (χ2v) is 5.00. The number of carbonyl (C=O) groups excluding carboxylic acids is 1. The minimum absolute atomic E-state index is 0.0895. The van der Waals surface area contributed by atoms with Crippen LogP contribution in [0.4, 0.5) is 0 Å². The van der Waals surface area contributed by atoms with Crippen LogP contribution >= 0.6 is 0 Å². The van der Waals surface area contributed by atoms with Crippen LogP contribution in [-0.4, -0.2) is 5.78 Å². The summed E-state index contributed by atoms with van der Waals surface area (Å²) >= 11 is 0. The Morgan fingerprint density at radius 3 is 2.80 bits per heavy atom. The molecule has 0 radical (unpaired) electrons. The van der Waals surface area contributed by atoms with Crippen molar-refractivity contribution < 1.29 is 4.79 Å². The number of carbonyl (C=O) groups is 1. The van der Waals surface area contributed by atoms with Crippen molar-refractivity contribution in [2.45, 2.75) is 39.5 Å². The van der Waals surface area contributed by atoms with Crippen LogP contribution < -0.4 is 0 Å². The highest BCUT2D eigenvalue weighted by Gasteiger charge is 2.36. The van der Waals surface area contributed by atoms with E-state index in [-0.39, 0.29) is 5.41 Å². The maximum atomic E-state index is 11.8. The lowest BCUT2D eigenvalue weighted by molar-refractivity contribution is -0.124. The first-order chi connectivity index (χ1) is 7.10. The van der Waals surface area contributed by atoms with Crippen molar-refractivity contribution in [2.24, 2.45) is 5.41 Å². The molecule has 15 heavy (non-hydrogen) atoms. The molecular formula is C14H18O. The number of benzene rings is 1. The second-order valence-electron chi connectivity index (χ2n) is 5.00. The molecule has 1 aliphatic rings. The zero-order valence-electron chi connectivity index (χ0n) is 9.55. The van der Waals surface area contributed by atoms with Crippen LogP contribution in [0.2, 0.25) is 0 Å². The first-order valence-electron chi connectivity index (χ1n) is 5.69. The minimum atomic E-state index is -0.0895. The molecule has 1 fully saturated rings. The molecule has 0 amide bonds. The number of hydrogen-bond acceptors (Lipinski definition) is 1. The number of aryl methyl sites for hydroxylation is 1. The van der Waals surface area contributed by atoms with Crippen molar-refractivity contribution in [3.63, 3.8) is 0 Å². The van der Waals surface area contributed by atoms with E-state index in [9.17, 15) is 4.79 Å². The van der Waals surface area contributed by atoms with Crippen LogP contribution in [0.15, 0.2) is 24.3 Å². The highest BCUT2D eigenvalue weighted by Crippen LogP contribution is 2.37. The predicted octanol–water partition coefficient (Wildman–Crippen LogP) is 3.30. The van der Waals surface area contributed by atoms with Gasteiger partial charge in [-0.2, -0.15) is 0 Å². The highest BCUT2D eigenvalue weighted by molar-refractivity contribution is 5.86. The van der Waals surface area contributed by atoms with Crippen LogP contribution in [0.25, 0.3) is 0 Å². The van der Waals surface area contributed by atoms with E-state index >= 15 is 0 Å². The lowest BCUT2D eigenvalue weighted by Gasteiger charge is -2.21. The van der Waals surface area contributed by atoms with E-state index < -0.39 is 0 Å². The molecule has 1 unspecified atom stereocenters. The maximum absolute atomic E-state index is 11.8. The summed E-state index contributed by atoms with van der Waals surface area (Å²) in [5, 5.41) is 0. The van der Waals surface area contributed by atoms with Gasteiger partial charge in [0.05, 0.1) is 0 Å². The van der Waals surface area contributed by atoms with Crippen molar-refractivity contribution in [1.29, 1.82) is 0 Å². The molecule has 1 saturated carbocycles. The van der Waals surface area contributed by atoms with Crippen LogP contribution in [0, 0.1) is 12.3 Å². The molecule has 1 atom stereocenters. The summed E-state index contributed by atoms with van der Waals surface area (Å²) in [6.45, 7) is 4.22. The molecule has 0 bridgehead atoms. The van der Waals surface area contributed by atoms with E-state index in [1.807, 2.05) is 0 Å². The zero-order chi connectivity index (χ0) is 10.9. The van der Waals surface area contributed by atoms with Crippen LogP contribution in [0.3, 0.4) is 0 Å². The van der Waals surface area contributed by atoms with E-state index in [1.54, 1.807) is 0 Å². The van der Waals surface area contributed by atoms with E-state index in [2.05, 4.69) is 38.1 Å². The van der Waals surface area contributed by atoms with E-state index in [0.29, 0.717) is 5.78 Å². The first kappa shape index (κ1) is 10.4. The molecule has 2 rings (SSSR count). The molecule has 1 aromatic carbocycles. The van der Waals surface area contributed by atoms with E-state index in [0.717, 1.165) is 25.7 Å². The molecule has 0 heterocycles. The zero-order valence-corrected chi connectivity index (χ0v) is 9.55. The van der Waals surface area contributed by atoms with Crippen LogP contribution in [-0.2, 0) is 11.2 Å². The number of ketones is 1. The van der Waals surface area contributed by atoms with Gasteiger partial charge in [0.2, 0.25) is 0 Å². The average molecular weight is 202 g/mol. The van der Waals surface area contributed by atoms with Crippen molar-refractivity contribution >= 4 is 5.78 Å². The third-order valence-corrected chi connectivity index (χ3v) is 3.48. The molecule has 80 valence electrons. The number of Topliss-reactive ketones (excluding diaryl/α,β-unsaturated/α-hetero) is 1. The van der Waals surface area contributed by atoms with Gasteiger partial charge in [0.1, 0.15) is 5.78 Å². The van der Waals surface area contributed by atoms with Crippen molar-refractivity contribution in [3.05, 3.63) is 35.4 Å². The number of rotatable bonds is 2. The van der Waals surface area contributed by atoms with Gasteiger partial charge in [0.15, 0.2) is 0 Å². The SMILES string of the molecule is Cc1cccc(CC2(C)CCCC2=O)c1. The molecular weight excluding hydrogens is 184 g/mol. The largest absolute Gasteiger partial charge is 0.299 e. The second kappa shape index (κ2) is 3.80. The lowest BCUT2D eigenvalue weighted by atomic mass is 9.81. The first-order valence-corrected chi connectivity index (χ1v) is 5.69. The highest BCUT2D eigenvalue weighted by atomic mass is 16.1. The fourth-order valence-corrected chi connectivity index (χ4v) is 2.54. The third-order valence-electron chi connectivity index (χ3n) is 3.48. The van der Waals surface area contributed by atoms with Crippen LogP contribution in [0.1, 0.15) is 37.3 Å². The van der Waals surface area contributed by atoms with E-state index in [1.165, 1.54) is 11.1 Å². The van der Waals surface area contributed by atoms with Crippen LogP contribution in [0.5, 0.6) is 0 Å². The third kappa shape index (κ3) is 2.11. The summed E-state index contributed by atoms with van der Waals surface area (Å²) in [5.74, 6) is 0.448. The van der Waals surface area contributed by atoms with Gasteiger partial charge in [0.25, 0.3) is 0 Å². The molecule has 0 spiro atoms. The molecule has 0 N–H and O–H groups in total. The van der Waals surface area contributed by atoms with Gasteiger partial charge >= 0.3 is 0 Å². The number of hydrogen-bond donors (Lipinski definition) is 0. The topological polar surface area (TPSA) is 17.1 Å². The van der Waals surface area contributed by atoms with Gasteiger partial charge < -0.3 is 0 Å². The molecule has 0 aliphatic heterocycles. The summed E-state index contributed by atoms with van der Waals surface area (Å²) in [4.78, 5) is 11.8. The van der Waals surface area contributed by atoms with Gasteiger partial charge in [0, 0.05) is 11.8 Å². The average Bonchev–Trinajstić information content (AvgIpc) is 2.47.